The fourth-order valence-corrected chi connectivity index (χ4v) is 3.09. The molecule has 3 nitrogen and oxygen atoms in total. The zero-order valence-electron chi connectivity index (χ0n) is 9.85. The van der Waals surface area contributed by atoms with Crippen molar-refractivity contribution in [3.05, 3.63) is 28.3 Å². The van der Waals surface area contributed by atoms with Gasteiger partial charge in [-0.1, -0.05) is 6.07 Å². The highest BCUT2D eigenvalue weighted by molar-refractivity contribution is 5.91. The van der Waals surface area contributed by atoms with Gasteiger partial charge in [-0.3, -0.25) is 0 Å². The van der Waals surface area contributed by atoms with Crippen molar-refractivity contribution in [3.8, 4) is 0 Å². The van der Waals surface area contributed by atoms with E-state index in [0.717, 1.165) is 30.4 Å². The van der Waals surface area contributed by atoms with Crippen LogP contribution in [-0.4, -0.2) is 12.0 Å². The Bertz CT molecular complexity index is 540. The largest absolute Gasteiger partial charge is 0.351 e. The monoisotopic (exact) mass is 252 g/mol. The average molecular weight is 252 g/mol. The molecule has 18 heavy (non-hydrogen) atoms. The summed E-state index contributed by atoms with van der Waals surface area (Å²) in [5, 5.41) is 2.55. The number of carbonyl (C=O) groups is 1. The first-order chi connectivity index (χ1) is 8.46. The van der Waals surface area contributed by atoms with Crippen molar-refractivity contribution in [2.75, 3.05) is 5.32 Å². The van der Waals surface area contributed by atoms with Crippen molar-refractivity contribution in [2.45, 2.75) is 38.0 Å². The van der Waals surface area contributed by atoms with E-state index in [2.05, 4.69) is 5.32 Å². The predicted molar refractivity (Wildman–Crippen MR) is 64.0 cm³/mol. The fourth-order valence-electron chi connectivity index (χ4n) is 3.09. The van der Waals surface area contributed by atoms with Gasteiger partial charge in [-0.05, 0) is 41.5 Å². The van der Waals surface area contributed by atoms with Gasteiger partial charge in [-0.15, -0.1) is 0 Å². The summed E-state index contributed by atoms with van der Waals surface area (Å²) in [6.07, 6.45) is 2.18. The number of hydrogen-bond acceptors (Lipinski definition) is 1. The SMILES string of the molecule is NC(=O)Nc1c2c(cc3c1CC(F)(F)C3)CCC2. The summed E-state index contributed by atoms with van der Waals surface area (Å²) < 4.78 is 27.0. The van der Waals surface area contributed by atoms with Gasteiger partial charge in [-0.25, -0.2) is 13.6 Å². The molecule has 5 heteroatoms. The van der Waals surface area contributed by atoms with Crippen LogP contribution in [-0.2, 0) is 25.7 Å². The van der Waals surface area contributed by atoms with E-state index in [-0.39, 0.29) is 12.8 Å². The summed E-state index contributed by atoms with van der Waals surface area (Å²) in [7, 11) is 0. The van der Waals surface area contributed by atoms with Crippen molar-refractivity contribution in [3.63, 3.8) is 0 Å². The second kappa shape index (κ2) is 3.67. The van der Waals surface area contributed by atoms with Crippen molar-refractivity contribution < 1.29 is 13.6 Å². The van der Waals surface area contributed by atoms with E-state index in [1.807, 2.05) is 6.07 Å². The number of nitrogens with one attached hydrogen (secondary N) is 1. The first-order valence-electron chi connectivity index (χ1n) is 6.07. The smallest absolute Gasteiger partial charge is 0.316 e. The number of aryl methyl sites for hydroxylation is 1. The molecule has 0 unspecified atom stereocenters. The number of nitrogens with two attached hydrogens (primary N) is 1. The standard InChI is InChI=1S/C13H14F2N2O/c14-13(15)5-8-4-7-2-1-3-9(7)11(10(8)6-13)17-12(16)18/h4H,1-3,5-6H2,(H3,16,17,18). The van der Waals surface area contributed by atoms with E-state index in [0.29, 0.717) is 16.8 Å². The van der Waals surface area contributed by atoms with Crippen molar-refractivity contribution in [1.29, 1.82) is 0 Å². The van der Waals surface area contributed by atoms with E-state index in [4.69, 9.17) is 5.73 Å². The van der Waals surface area contributed by atoms with Crippen LogP contribution in [0.4, 0.5) is 19.3 Å². The van der Waals surface area contributed by atoms with E-state index in [1.54, 1.807) is 0 Å². The highest BCUT2D eigenvalue weighted by atomic mass is 19.3. The van der Waals surface area contributed by atoms with E-state index >= 15 is 0 Å². The minimum atomic E-state index is -2.70. The molecule has 3 N–H and O–H groups in total. The molecule has 0 bridgehead atoms. The van der Waals surface area contributed by atoms with Crippen LogP contribution in [0.15, 0.2) is 6.07 Å². The summed E-state index contributed by atoms with van der Waals surface area (Å²) in [6, 6.07) is 1.19. The molecular weight excluding hydrogens is 238 g/mol. The Kier molecular flexibility index (Phi) is 2.33. The lowest BCUT2D eigenvalue weighted by atomic mass is 9.99. The summed E-state index contributed by atoms with van der Waals surface area (Å²) in [4.78, 5) is 11.1. The van der Waals surface area contributed by atoms with Gasteiger partial charge in [0, 0.05) is 18.5 Å². The van der Waals surface area contributed by atoms with E-state index < -0.39 is 12.0 Å². The molecule has 2 aliphatic rings. The second-order valence-corrected chi connectivity index (χ2v) is 5.08. The molecule has 1 aromatic rings. The van der Waals surface area contributed by atoms with Crippen molar-refractivity contribution in [2.24, 2.45) is 5.73 Å². The highest BCUT2D eigenvalue weighted by Gasteiger charge is 2.40. The van der Waals surface area contributed by atoms with Crippen LogP contribution in [0.25, 0.3) is 0 Å². The van der Waals surface area contributed by atoms with Gasteiger partial charge < -0.3 is 11.1 Å². The second-order valence-electron chi connectivity index (χ2n) is 5.08. The minimum absolute atomic E-state index is 0.233. The molecule has 1 aromatic carbocycles. The number of hydrogen-bond donors (Lipinski definition) is 2. The van der Waals surface area contributed by atoms with Gasteiger partial charge in [0.2, 0.25) is 0 Å². The third-order valence-electron chi connectivity index (χ3n) is 3.73. The van der Waals surface area contributed by atoms with Crippen LogP contribution in [0.1, 0.15) is 28.7 Å². The predicted octanol–water partition coefficient (Wildman–Crippen LogP) is 2.40. The van der Waals surface area contributed by atoms with Crippen LogP contribution >= 0.6 is 0 Å². The van der Waals surface area contributed by atoms with Gasteiger partial charge in [0.25, 0.3) is 5.92 Å². The third kappa shape index (κ3) is 1.74. The summed E-state index contributed by atoms with van der Waals surface area (Å²) in [5.41, 5.74) is 8.98. The lowest BCUT2D eigenvalue weighted by Crippen LogP contribution is -2.22. The Morgan fingerprint density at radius 1 is 1.22 bits per heavy atom. The summed E-state index contributed by atoms with van der Waals surface area (Å²) in [5.74, 6) is -2.70. The van der Waals surface area contributed by atoms with Gasteiger partial charge in [0.1, 0.15) is 0 Å². The maximum Gasteiger partial charge on any atom is 0.316 e. The summed E-state index contributed by atoms with van der Waals surface area (Å²) >= 11 is 0. The fraction of sp³-hybridized carbons (Fsp3) is 0.462. The molecule has 3 rings (SSSR count). The molecule has 0 atom stereocenters. The maximum atomic E-state index is 13.5. The molecule has 0 saturated heterocycles. The lowest BCUT2D eigenvalue weighted by molar-refractivity contribution is 0.0131. The molecule has 2 amide bonds. The van der Waals surface area contributed by atoms with Crippen molar-refractivity contribution in [1.82, 2.24) is 0 Å². The molecule has 0 aromatic heterocycles. The molecule has 0 fully saturated rings. The number of anilines is 1. The quantitative estimate of drug-likeness (QED) is 0.792. The Morgan fingerprint density at radius 2 is 2.00 bits per heavy atom. The van der Waals surface area contributed by atoms with Crippen LogP contribution in [0.3, 0.4) is 0 Å². The number of halogens is 2. The molecular formula is C13H14F2N2O. The molecule has 0 radical (unpaired) electrons. The molecule has 96 valence electrons. The zero-order valence-corrected chi connectivity index (χ0v) is 9.85. The lowest BCUT2D eigenvalue weighted by Gasteiger charge is -2.14. The number of primary amides is 1. The Labute approximate surface area is 103 Å². The molecule has 2 aliphatic carbocycles. The van der Waals surface area contributed by atoms with Gasteiger partial charge in [0.05, 0.1) is 0 Å². The van der Waals surface area contributed by atoms with E-state index in [9.17, 15) is 13.6 Å². The third-order valence-corrected chi connectivity index (χ3v) is 3.73. The Morgan fingerprint density at radius 3 is 2.72 bits per heavy atom. The van der Waals surface area contributed by atoms with Crippen molar-refractivity contribution >= 4 is 11.7 Å². The Balaban J connectivity index is 2.14. The van der Waals surface area contributed by atoms with E-state index in [1.165, 1.54) is 0 Å². The van der Waals surface area contributed by atoms with Crippen LogP contribution in [0.2, 0.25) is 0 Å². The number of urea groups is 1. The number of fused-ring (bicyclic) bond motifs is 2. The normalized spacial score (nSPS) is 19.4. The maximum absolute atomic E-state index is 13.5. The number of alkyl halides is 2. The number of amides is 2. The van der Waals surface area contributed by atoms with Crippen LogP contribution in [0.5, 0.6) is 0 Å². The number of carbonyl (C=O) groups excluding carboxylic acids is 1. The van der Waals surface area contributed by atoms with Gasteiger partial charge in [0.15, 0.2) is 0 Å². The van der Waals surface area contributed by atoms with Crippen LogP contribution < -0.4 is 11.1 Å². The zero-order chi connectivity index (χ0) is 12.9. The Hall–Kier alpha value is -1.65. The highest BCUT2D eigenvalue weighted by Crippen LogP contribution is 2.43. The first kappa shape index (κ1) is 11.4. The molecule has 0 spiro atoms. The number of benzene rings is 1. The first-order valence-corrected chi connectivity index (χ1v) is 6.07. The average Bonchev–Trinajstić information content (AvgIpc) is 2.79. The van der Waals surface area contributed by atoms with Crippen LogP contribution in [0, 0.1) is 0 Å². The molecule has 0 saturated carbocycles. The van der Waals surface area contributed by atoms with Gasteiger partial charge >= 0.3 is 6.03 Å². The van der Waals surface area contributed by atoms with Gasteiger partial charge in [-0.2, -0.15) is 0 Å². The number of rotatable bonds is 1. The minimum Gasteiger partial charge on any atom is -0.351 e. The molecule has 0 heterocycles. The topological polar surface area (TPSA) is 55.1 Å². The summed E-state index contributed by atoms with van der Waals surface area (Å²) in [6.45, 7) is 0. The molecule has 0 aliphatic heterocycles.